The largest absolute Gasteiger partial charge is 0.461 e. The number of carbonyl (C=O) groups is 6. The number of esters is 1. The van der Waals surface area contributed by atoms with Gasteiger partial charge in [-0.2, -0.15) is 0 Å². The lowest BCUT2D eigenvalue weighted by Gasteiger charge is -2.25. The zero-order valence-electron chi connectivity index (χ0n) is 27.1. The van der Waals surface area contributed by atoms with E-state index in [1.165, 1.54) is 6.92 Å². The van der Waals surface area contributed by atoms with Crippen LogP contribution in [0.3, 0.4) is 0 Å². The van der Waals surface area contributed by atoms with Crippen molar-refractivity contribution in [3.8, 4) is 0 Å². The van der Waals surface area contributed by atoms with Gasteiger partial charge in [0.2, 0.25) is 23.6 Å². The first kappa shape index (κ1) is 37.0. The minimum atomic E-state index is -0.954. The van der Waals surface area contributed by atoms with E-state index in [9.17, 15) is 28.8 Å². The maximum atomic E-state index is 13.3. The highest BCUT2D eigenvalue weighted by Crippen LogP contribution is 2.24. The Kier molecular flexibility index (Phi) is 15.3. The van der Waals surface area contributed by atoms with Crippen molar-refractivity contribution in [1.29, 1.82) is 0 Å². The van der Waals surface area contributed by atoms with Crippen LogP contribution in [0, 0.1) is 11.8 Å². The van der Waals surface area contributed by atoms with Gasteiger partial charge in [0.05, 0.1) is 0 Å². The third-order valence-electron chi connectivity index (χ3n) is 7.77. The fraction of sp³-hybridized carbons (Fsp3) is 0.625. The number of nitrogens with zero attached hydrogens (tertiary/aromatic N) is 1. The lowest BCUT2D eigenvalue weighted by Crippen LogP contribution is -2.54. The molecule has 1 aliphatic heterocycles. The van der Waals surface area contributed by atoms with Crippen LogP contribution in [-0.2, 0) is 35.3 Å². The topological polar surface area (TPSA) is 189 Å². The van der Waals surface area contributed by atoms with E-state index in [4.69, 9.17) is 10.5 Å². The second-order valence-electron chi connectivity index (χ2n) is 12.1. The molecule has 250 valence electrons. The van der Waals surface area contributed by atoms with Crippen LogP contribution in [0.1, 0.15) is 85.1 Å². The molecule has 4 atom stereocenters. The highest BCUT2D eigenvalue weighted by atomic mass is 16.5. The Hall–Kier alpha value is -4.16. The van der Waals surface area contributed by atoms with Gasteiger partial charge in [0.15, 0.2) is 0 Å². The van der Waals surface area contributed by atoms with E-state index in [0.29, 0.717) is 25.1 Å². The maximum Gasteiger partial charge on any atom is 0.312 e. The first-order valence-corrected chi connectivity index (χ1v) is 15.7. The van der Waals surface area contributed by atoms with E-state index < -0.39 is 35.9 Å². The first-order valence-electron chi connectivity index (χ1n) is 15.7. The number of hydrogen-bond donors (Lipinski definition) is 5. The summed E-state index contributed by atoms with van der Waals surface area (Å²) in [5.41, 5.74) is 6.36. The molecule has 0 aliphatic carbocycles. The highest BCUT2D eigenvalue weighted by Gasteiger charge is 2.33. The molecular formula is C32H50N6O7. The van der Waals surface area contributed by atoms with Gasteiger partial charge >= 0.3 is 12.0 Å². The number of likely N-dealkylation sites (tertiary alicyclic amines) is 1. The molecule has 1 aliphatic rings. The van der Waals surface area contributed by atoms with Crippen molar-refractivity contribution in [2.24, 2.45) is 17.6 Å². The molecule has 1 heterocycles. The van der Waals surface area contributed by atoms with Crippen molar-refractivity contribution < 1.29 is 33.5 Å². The second kappa shape index (κ2) is 18.6. The number of benzene rings is 1. The molecule has 1 saturated heterocycles. The lowest BCUT2D eigenvalue weighted by molar-refractivity contribution is -0.142. The predicted octanol–water partition coefficient (Wildman–Crippen LogP) is 2.58. The SMILES string of the molecule is CC(=O)OCc1ccc(NC(=O)C(CCCNC(N)=O)NC(=O)C(NC(=O)CCCCCN2C(=O)C(C)CC2C)C(C)C)cc1. The van der Waals surface area contributed by atoms with Crippen LogP contribution in [0.2, 0.25) is 0 Å². The molecule has 13 heteroatoms. The van der Waals surface area contributed by atoms with Crippen LogP contribution in [0.25, 0.3) is 0 Å². The van der Waals surface area contributed by atoms with E-state index in [0.717, 1.165) is 24.8 Å². The number of unbranched alkanes of at least 4 members (excludes halogenated alkanes) is 2. The number of rotatable bonds is 18. The third-order valence-corrected chi connectivity index (χ3v) is 7.77. The van der Waals surface area contributed by atoms with Gasteiger partial charge in [0.1, 0.15) is 18.7 Å². The van der Waals surface area contributed by atoms with Crippen LogP contribution < -0.4 is 27.0 Å². The van der Waals surface area contributed by atoms with E-state index in [1.54, 1.807) is 24.3 Å². The Labute approximate surface area is 265 Å². The van der Waals surface area contributed by atoms with Crippen LogP contribution in [0.5, 0.6) is 0 Å². The summed E-state index contributed by atoms with van der Waals surface area (Å²) in [5, 5.41) is 10.8. The minimum absolute atomic E-state index is 0.0637. The molecule has 6 amide bonds. The van der Waals surface area contributed by atoms with Crippen molar-refractivity contribution in [2.45, 2.75) is 104 Å². The third kappa shape index (κ3) is 13.2. The fourth-order valence-electron chi connectivity index (χ4n) is 5.24. The monoisotopic (exact) mass is 630 g/mol. The lowest BCUT2D eigenvalue weighted by atomic mass is 10.0. The van der Waals surface area contributed by atoms with Gasteiger partial charge in [-0.15, -0.1) is 0 Å². The van der Waals surface area contributed by atoms with Crippen molar-refractivity contribution >= 4 is 41.3 Å². The summed E-state index contributed by atoms with van der Waals surface area (Å²) in [5.74, 6) is -1.61. The molecule has 0 bridgehead atoms. The molecule has 6 N–H and O–H groups in total. The molecule has 4 unspecified atom stereocenters. The highest BCUT2D eigenvalue weighted by molar-refractivity contribution is 5.98. The van der Waals surface area contributed by atoms with Gasteiger partial charge in [0, 0.05) is 44.1 Å². The number of amides is 6. The predicted molar refractivity (Wildman–Crippen MR) is 169 cm³/mol. The Morgan fingerprint density at radius 2 is 1.67 bits per heavy atom. The summed E-state index contributed by atoms with van der Waals surface area (Å²) >= 11 is 0. The van der Waals surface area contributed by atoms with Crippen LogP contribution in [-0.4, -0.2) is 71.7 Å². The van der Waals surface area contributed by atoms with Gasteiger partial charge in [-0.3, -0.25) is 24.0 Å². The minimum Gasteiger partial charge on any atom is -0.461 e. The number of primary amides is 1. The van der Waals surface area contributed by atoms with Crippen LogP contribution in [0.4, 0.5) is 10.5 Å². The van der Waals surface area contributed by atoms with Crippen LogP contribution in [0.15, 0.2) is 24.3 Å². The summed E-state index contributed by atoms with van der Waals surface area (Å²) < 4.78 is 4.98. The van der Waals surface area contributed by atoms with Crippen LogP contribution >= 0.6 is 0 Å². The number of anilines is 1. The molecule has 2 rings (SSSR count). The normalized spacial score (nSPS) is 17.4. The maximum absolute atomic E-state index is 13.3. The Bertz CT molecular complexity index is 1170. The molecule has 45 heavy (non-hydrogen) atoms. The zero-order chi connectivity index (χ0) is 33.5. The molecule has 0 spiro atoms. The van der Waals surface area contributed by atoms with E-state index >= 15 is 0 Å². The van der Waals surface area contributed by atoms with E-state index in [2.05, 4.69) is 28.2 Å². The molecule has 1 aromatic carbocycles. The number of ether oxygens (including phenoxy) is 1. The van der Waals surface area contributed by atoms with Gasteiger partial charge in [0.25, 0.3) is 0 Å². The molecule has 0 aromatic heterocycles. The molecule has 13 nitrogen and oxygen atoms in total. The number of nitrogens with one attached hydrogen (secondary N) is 4. The average Bonchev–Trinajstić information content (AvgIpc) is 3.21. The average molecular weight is 631 g/mol. The Morgan fingerprint density at radius 3 is 2.24 bits per heavy atom. The van der Waals surface area contributed by atoms with Gasteiger partial charge in [-0.05, 0) is 62.6 Å². The number of hydrogen-bond acceptors (Lipinski definition) is 7. The second-order valence-corrected chi connectivity index (χ2v) is 12.1. The van der Waals surface area contributed by atoms with Crippen molar-refractivity contribution in [3.05, 3.63) is 29.8 Å². The summed E-state index contributed by atoms with van der Waals surface area (Å²) in [6.07, 6.45) is 3.90. The summed E-state index contributed by atoms with van der Waals surface area (Å²) in [6.45, 7) is 9.95. The Morgan fingerprint density at radius 1 is 0.978 bits per heavy atom. The van der Waals surface area contributed by atoms with Gasteiger partial charge in [-0.25, -0.2) is 4.79 Å². The summed E-state index contributed by atoms with van der Waals surface area (Å²) in [7, 11) is 0. The molecule has 1 fully saturated rings. The molecule has 0 saturated carbocycles. The number of urea groups is 1. The van der Waals surface area contributed by atoms with Gasteiger partial charge in [-0.1, -0.05) is 39.3 Å². The fourth-order valence-corrected chi connectivity index (χ4v) is 5.24. The number of carbonyl (C=O) groups excluding carboxylic acids is 6. The standard InChI is InChI=1S/C32H50N6O7/c1-20(2)28(37-27(40)11-7-6-8-17-38-22(4)18-21(3)31(38)43)30(42)36-26(10-9-16-34-32(33)44)29(41)35-25-14-12-24(13-15-25)19-45-23(5)39/h12-15,20-22,26,28H,6-11,16-19H2,1-5H3,(H,35,41)(H,36,42)(H,37,40)(H3,33,34,44). The smallest absolute Gasteiger partial charge is 0.312 e. The Balaban J connectivity index is 1.93. The van der Waals surface area contributed by atoms with E-state index in [-0.39, 0.29) is 55.7 Å². The summed E-state index contributed by atoms with van der Waals surface area (Å²) in [4.78, 5) is 75.6. The quantitative estimate of drug-likeness (QED) is 0.122. The zero-order valence-corrected chi connectivity index (χ0v) is 27.1. The van der Waals surface area contributed by atoms with Gasteiger partial charge < -0.3 is 36.6 Å². The van der Waals surface area contributed by atoms with E-state index in [1.807, 2.05) is 25.7 Å². The van der Waals surface area contributed by atoms with Crippen molar-refractivity contribution in [1.82, 2.24) is 20.9 Å². The van der Waals surface area contributed by atoms with Crippen molar-refractivity contribution in [2.75, 3.05) is 18.4 Å². The first-order chi connectivity index (χ1) is 21.3. The molecular weight excluding hydrogens is 580 g/mol. The molecule has 1 aromatic rings. The molecule has 0 radical (unpaired) electrons. The summed E-state index contributed by atoms with van der Waals surface area (Å²) in [6, 6.07) is 4.47. The number of nitrogens with two attached hydrogens (primary N) is 1. The van der Waals surface area contributed by atoms with Crippen molar-refractivity contribution in [3.63, 3.8) is 0 Å².